The van der Waals surface area contributed by atoms with Crippen molar-refractivity contribution in [1.82, 2.24) is 4.90 Å². The lowest BCUT2D eigenvalue weighted by Crippen LogP contribution is -2.66. The van der Waals surface area contributed by atoms with Crippen molar-refractivity contribution in [3.05, 3.63) is 46.0 Å². The van der Waals surface area contributed by atoms with Crippen molar-refractivity contribution in [2.75, 3.05) is 6.54 Å². The minimum absolute atomic E-state index is 0.0485. The predicted molar refractivity (Wildman–Crippen MR) is 198 cm³/mol. The number of amides is 1. The van der Waals surface area contributed by atoms with Gasteiger partial charge in [0.2, 0.25) is 0 Å². The Balaban J connectivity index is 1.34. The van der Waals surface area contributed by atoms with E-state index >= 15 is 4.79 Å². The van der Waals surface area contributed by atoms with Crippen molar-refractivity contribution in [2.24, 2.45) is 50.7 Å². The quantitative estimate of drug-likeness (QED) is 0.301. The molecule has 0 spiro atoms. The zero-order valence-corrected chi connectivity index (χ0v) is 32.9. The largest absolute Gasteiger partial charge is 0.444 e. The molecule has 0 aliphatic heterocycles. The number of aliphatic hydroxyl groups excluding tert-OH is 1. The van der Waals surface area contributed by atoms with Crippen LogP contribution in [0.3, 0.4) is 0 Å². The summed E-state index contributed by atoms with van der Waals surface area (Å²) >= 11 is 6.19. The second-order valence-electron chi connectivity index (χ2n) is 19.6. The van der Waals surface area contributed by atoms with Gasteiger partial charge in [0.05, 0.1) is 18.1 Å². The molecule has 6 rings (SSSR count). The zero-order chi connectivity index (χ0) is 35.9. The summed E-state index contributed by atoms with van der Waals surface area (Å²) in [6, 6.07) is 7.52. The van der Waals surface area contributed by atoms with Crippen LogP contribution in [0.15, 0.2) is 35.4 Å². The fourth-order valence-corrected chi connectivity index (χ4v) is 12.9. The Morgan fingerprint density at radius 2 is 1.57 bits per heavy atom. The number of ketones is 1. The number of rotatable bonds is 6. The summed E-state index contributed by atoms with van der Waals surface area (Å²) in [5, 5.41) is 11.8. The van der Waals surface area contributed by atoms with Gasteiger partial charge in [-0.1, -0.05) is 83.3 Å². The fraction of sp³-hybridized carbons (Fsp3) is 0.767. The van der Waals surface area contributed by atoms with Gasteiger partial charge in [0, 0.05) is 11.6 Å². The highest BCUT2D eigenvalue weighted by Crippen LogP contribution is 2.77. The number of carbonyl (C=O) groups is 2. The van der Waals surface area contributed by atoms with E-state index in [1.54, 1.807) is 4.90 Å². The van der Waals surface area contributed by atoms with Crippen LogP contribution in [-0.2, 0) is 16.1 Å². The van der Waals surface area contributed by atoms with Crippen LogP contribution in [-0.4, -0.2) is 40.1 Å². The van der Waals surface area contributed by atoms with Crippen molar-refractivity contribution in [3.63, 3.8) is 0 Å². The molecule has 1 aromatic carbocycles. The van der Waals surface area contributed by atoms with Gasteiger partial charge in [0.15, 0.2) is 5.78 Å². The van der Waals surface area contributed by atoms with Crippen LogP contribution in [0.1, 0.15) is 139 Å². The first kappa shape index (κ1) is 36.9. The molecule has 0 saturated heterocycles. The molecule has 1 N–H and O–H groups in total. The molecule has 8 atom stereocenters. The molecule has 0 bridgehead atoms. The Morgan fingerprint density at radius 3 is 2.20 bits per heavy atom. The Morgan fingerprint density at radius 1 is 0.898 bits per heavy atom. The molecule has 0 radical (unpaired) electrons. The number of aliphatic hydroxyl groups is 1. The number of hydrogen-bond acceptors (Lipinski definition) is 4. The number of benzene rings is 1. The maximum atomic E-state index is 15.0. The molecule has 1 aromatic rings. The first-order valence-electron chi connectivity index (χ1n) is 19.4. The van der Waals surface area contributed by atoms with E-state index in [1.807, 2.05) is 45.0 Å². The van der Waals surface area contributed by atoms with Crippen molar-refractivity contribution in [2.45, 2.75) is 152 Å². The standard InChI is InChI=1S/C43H64ClNO4/c1-27(2)30-17-22-43(35(47)26-45(37(48)49-38(3,4)5)25-28-11-13-29(44)14-12-28)24-23-41(9)31(36(30)43)15-16-33-40(8)20-19-34(46)39(6,7)32(40)18-21-42(33,41)10/h11-14,27,31-34,46H,15-26H2,1-10H3/t31-,32+,33-,34+,40+,41-,42-,43-/m1/s1. The highest BCUT2D eigenvalue weighted by Gasteiger charge is 2.70. The molecular formula is C43H64ClNO4. The van der Waals surface area contributed by atoms with E-state index in [2.05, 4.69) is 48.5 Å². The number of ether oxygens (including phenoxy) is 1. The van der Waals surface area contributed by atoms with Gasteiger partial charge < -0.3 is 9.84 Å². The molecule has 0 heterocycles. The molecule has 1 amide bonds. The highest BCUT2D eigenvalue weighted by atomic mass is 35.5. The summed E-state index contributed by atoms with van der Waals surface area (Å²) in [5.41, 5.74) is 3.13. The minimum Gasteiger partial charge on any atom is -0.444 e. The summed E-state index contributed by atoms with van der Waals surface area (Å²) < 4.78 is 5.88. The maximum Gasteiger partial charge on any atom is 0.410 e. The monoisotopic (exact) mass is 693 g/mol. The van der Waals surface area contributed by atoms with Gasteiger partial charge in [-0.15, -0.1) is 0 Å². The molecule has 5 aliphatic rings. The third kappa shape index (κ3) is 5.84. The number of hydrogen-bond donors (Lipinski definition) is 1. The average Bonchev–Trinajstić information content (AvgIpc) is 3.41. The minimum atomic E-state index is -0.665. The van der Waals surface area contributed by atoms with Gasteiger partial charge in [-0.05, 0) is 148 Å². The van der Waals surface area contributed by atoms with E-state index in [1.165, 1.54) is 30.4 Å². The Hall–Kier alpha value is -1.85. The molecule has 5 nitrogen and oxygen atoms in total. The number of carbonyl (C=O) groups excluding carboxylic acids is 2. The maximum absolute atomic E-state index is 15.0. The second kappa shape index (κ2) is 12.4. The average molecular weight is 694 g/mol. The Kier molecular flexibility index (Phi) is 9.33. The van der Waals surface area contributed by atoms with Gasteiger partial charge in [-0.3, -0.25) is 9.69 Å². The number of nitrogens with zero attached hydrogens (tertiary/aromatic N) is 1. The molecule has 4 fully saturated rings. The van der Waals surface area contributed by atoms with E-state index in [0.29, 0.717) is 35.2 Å². The summed E-state index contributed by atoms with van der Waals surface area (Å²) in [5.74, 6) is 2.09. The SMILES string of the molecule is CC(C)C1=C2[C@H]3CC[C@@H]4[C@@]5(C)CC[C@H](O)C(C)(C)[C@@H]5CC[C@@]4(C)[C@]3(C)CC[C@@]2(C(=O)CN(Cc2ccc(Cl)cc2)C(=O)OC(C)(C)C)CC1. The number of allylic oxidation sites excluding steroid dienone is 2. The third-order valence-corrected chi connectivity index (χ3v) is 15.7. The van der Waals surface area contributed by atoms with Crippen LogP contribution < -0.4 is 0 Å². The van der Waals surface area contributed by atoms with Crippen LogP contribution in [0.25, 0.3) is 0 Å². The highest BCUT2D eigenvalue weighted by molar-refractivity contribution is 6.30. The molecule has 0 aromatic heterocycles. The Bertz CT molecular complexity index is 1490. The smallest absolute Gasteiger partial charge is 0.410 e. The number of halogens is 1. The summed E-state index contributed by atoms with van der Waals surface area (Å²) in [7, 11) is 0. The molecule has 4 saturated carbocycles. The van der Waals surface area contributed by atoms with E-state index in [4.69, 9.17) is 16.3 Å². The number of fused-ring (bicyclic) bond motifs is 7. The Labute approximate surface area is 302 Å². The lowest BCUT2D eigenvalue weighted by Gasteiger charge is -2.72. The molecular weight excluding hydrogens is 630 g/mol. The zero-order valence-electron chi connectivity index (χ0n) is 32.2. The van der Waals surface area contributed by atoms with E-state index in [-0.39, 0.29) is 40.1 Å². The molecule has 272 valence electrons. The number of Topliss-reactive ketones (excluding diaryl/α,β-unsaturated/α-hetero) is 1. The normalized spacial score (nSPS) is 38.3. The van der Waals surface area contributed by atoms with Crippen molar-refractivity contribution in [1.29, 1.82) is 0 Å². The van der Waals surface area contributed by atoms with Crippen LogP contribution in [0, 0.1) is 50.7 Å². The van der Waals surface area contributed by atoms with Crippen LogP contribution in [0.4, 0.5) is 4.79 Å². The lowest BCUT2D eigenvalue weighted by atomic mass is 9.33. The van der Waals surface area contributed by atoms with Gasteiger partial charge in [-0.25, -0.2) is 4.79 Å². The van der Waals surface area contributed by atoms with Crippen LogP contribution in [0.2, 0.25) is 5.02 Å². The topological polar surface area (TPSA) is 66.8 Å². The van der Waals surface area contributed by atoms with Crippen LogP contribution in [0.5, 0.6) is 0 Å². The van der Waals surface area contributed by atoms with Crippen LogP contribution >= 0.6 is 11.6 Å². The predicted octanol–water partition coefficient (Wildman–Crippen LogP) is 10.8. The van der Waals surface area contributed by atoms with Crippen molar-refractivity contribution < 1.29 is 19.4 Å². The van der Waals surface area contributed by atoms with Crippen molar-refractivity contribution in [3.8, 4) is 0 Å². The first-order valence-corrected chi connectivity index (χ1v) is 19.7. The van der Waals surface area contributed by atoms with Gasteiger partial charge in [-0.2, -0.15) is 0 Å². The van der Waals surface area contributed by atoms with E-state index < -0.39 is 17.1 Å². The lowest BCUT2D eigenvalue weighted by molar-refractivity contribution is -0.228. The van der Waals surface area contributed by atoms with E-state index in [0.717, 1.165) is 50.5 Å². The van der Waals surface area contributed by atoms with Gasteiger partial charge >= 0.3 is 6.09 Å². The van der Waals surface area contributed by atoms with E-state index in [9.17, 15) is 9.90 Å². The second-order valence-corrected chi connectivity index (χ2v) is 20.0. The van der Waals surface area contributed by atoms with Gasteiger partial charge in [0.25, 0.3) is 0 Å². The van der Waals surface area contributed by atoms with Crippen molar-refractivity contribution >= 4 is 23.5 Å². The summed E-state index contributed by atoms with van der Waals surface area (Å²) in [4.78, 5) is 30.4. The summed E-state index contributed by atoms with van der Waals surface area (Å²) in [6.07, 6.45) is 9.76. The first-order chi connectivity index (χ1) is 22.7. The summed E-state index contributed by atoms with van der Waals surface area (Å²) in [6.45, 7) is 23.1. The molecule has 6 heteroatoms. The fourth-order valence-electron chi connectivity index (χ4n) is 12.7. The third-order valence-electron chi connectivity index (χ3n) is 15.5. The van der Waals surface area contributed by atoms with Gasteiger partial charge in [0.1, 0.15) is 5.60 Å². The molecule has 49 heavy (non-hydrogen) atoms. The molecule has 0 unspecified atom stereocenters. The molecule has 5 aliphatic carbocycles.